The summed E-state index contributed by atoms with van der Waals surface area (Å²) in [6.07, 6.45) is 0.201. The van der Waals surface area contributed by atoms with Crippen LogP contribution in [0.25, 0.3) is 0 Å². The van der Waals surface area contributed by atoms with Crippen LogP contribution in [0.5, 0.6) is 17.2 Å². The van der Waals surface area contributed by atoms with Gasteiger partial charge in [-0.2, -0.15) is 0 Å². The highest BCUT2D eigenvalue weighted by Gasteiger charge is 2.18. The van der Waals surface area contributed by atoms with Gasteiger partial charge in [0.2, 0.25) is 5.75 Å². The summed E-state index contributed by atoms with van der Waals surface area (Å²) < 4.78 is 0. The van der Waals surface area contributed by atoms with Crippen molar-refractivity contribution < 1.29 is 20.4 Å². The van der Waals surface area contributed by atoms with Crippen LogP contribution in [0.1, 0.15) is 19.4 Å². The molecule has 1 aromatic rings. The van der Waals surface area contributed by atoms with E-state index in [2.05, 4.69) is 0 Å². The van der Waals surface area contributed by atoms with Gasteiger partial charge in [0.15, 0.2) is 11.5 Å². The van der Waals surface area contributed by atoms with Gasteiger partial charge in [0.25, 0.3) is 0 Å². The van der Waals surface area contributed by atoms with Gasteiger partial charge >= 0.3 is 0 Å². The third-order valence-corrected chi connectivity index (χ3v) is 1.84. The molecule has 0 atom stereocenters. The first-order chi connectivity index (χ1) is 6.31. The molecule has 0 saturated heterocycles. The van der Waals surface area contributed by atoms with Crippen molar-refractivity contribution in [2.75, 3.05) is 0 Å². The molecule has 0 aliphatic carbocycles. The fourth-order valence-corrected chi connectivity index (χ4v) is 1.22. The van der Waals surface area contributed by atoms with Crippen LogP contribution in [0.15, 0.2) is 12.1 Å². The smallest absolute Gasteiger partial charge is 0.200 e. The molecule has 14 heavy (non-hydrogen) atoms. The number of benzene rings is 1. The first-order valence-corrected chi connectivity index (χ1v) is 4.26. The van der Waals surface area contributed by atoms with Crippen molar-refractivity contribution in [3.05, 3.63) is 17.7 Å². The highest BCUT2D eigenvalue weighted by atomic mass is 16.3. The van der Waals surface area contributed by atoms with Crippen LogP contribution in [0, 0.1) is 0 Å². The van der Waals surface area contributed by atoms with E-state index in [-0.39, 0.29) is 17.9 Å². The molecule has 0 spiro atoms. The maximum atomic E-state index is 9.50. The van der Waals surface area contributed by atoms with Crippen LogP contribution >= 0.6 is 0 Å². The van der Waals surface area contributed by atoms with E-state index in [1.807, 2.05) is 0 Å². The second-order valence-electron chi connectivity index (χ2n) is 3.93. The van der Waals surface area contributed by atoms with E-state index in [0.717, 1.165) is 0 Å². The van der Waals surface area contributed by atoms with Crippen LogP contribution in [0.4, 0.5) is 0 Å². The Morgan fingerprint density at radius 1 is 1.07 bits per heavy atom. The van der Waals surface area contributed by atoms with Crippen LogP contribution in [0.2, 0.25) is 0 Å². The van der Waals surface area contributed by atoms with Gasteiger partial charge in [-0.3, -0.25) is 0 Å². The normalized spacial score (nSPS) is 11.6. The number of aromatic hydroxyl groups is 3. The highest BCUT2D eigenvalue weighted by Crippen LogP contribution is 2.38. The summed E-state index contributed by atoms with van der Waals surface area (Å²) in [6, 6.07) is 2.73. The minimum atomic E-state index is -0.971. The van der Waals surface area contributed by atoms with E-state index < -0.39 is 11.4 Å². The van der Waals surface area contributed by atoms with E-state index in [1.165, 1.54) is 12.1 Å². The number of rotatable bonds is 2. The molecule has 0 radical (unpaired) electrons. The van der Waals surface area contributed by atoms with Gasteiger partial charge < -0.3 is 20.4 Å². The Morgan fingerprint density at radius 2 is 1.64 bits per heavy atom. The van der Waals surface area contributed by atoms with Gasteiger partial charge in [0.1, 0.15) is 0 Å². The zero-order valence-electron chi connectivity index (χ0n) is 8.15. The van der Waals surface area contributed by atoms with Gasteiger partial charge in [0, 0.05) is 12.0 Å². The number of phenols is 3. The molecule has 0 amide bonds. The second-order valence-corrected chi connectivity index (χ2v) is 3.93. The Kier molecular flexibility index (Phi) is 2.57. The molecule has 0 bridgehead atoms. The zero-order chi connectivity index (χ0) is 10.9. The van der Waals surface area contributed by atoms with Gasteiger partial charge in [-0.15, -0.1) is 0 Å². The van der Waals surface area contributed by atoms with Crippen molar-refractivity contribution in [3.8, 4) is 17.2 Å². The lowest BCUT2D eigenvalue weighted by atomic mass is 9.97. The van der Waals surface area contributed by atoms with Gasteiger partial charge in [0.05, 0.1) is 5.60 Å². The molecule has 0 saturated carbocycles. The predicted octanol–water partition coefficient (Wildman–Crippen LogP) is 1.12. The van der Waals surface area contributed by atoms with Crippen molar-refractivity contribution in [2.24, 2.45) is 0 Å². The van der Waals surface area contributed by atoms with E-state index in [9.17, 15) is 15.3 Å². The highest BCUT2D eigenvalue weighted by molar-refractivity contribution is 5.53. The van der Waals surface area contributed by atoms with Gasteiger partial charge in [-0.05, 0) is 19.9 Å². The lowest BCUT2D eigenvalue weighted by molar-refractivity contribution is 0.0801. The van der Waals surface area contributed by atoms with Crippen molar-refractivity contribution in [1.29, 1.82) is 0 Å². The molecule has 0 unspecified atom stereocenters. The quantitative estimate of drug-likeness (QED) is 0.537. The monoisotopic (exact) mass is 198 g/mol. The molecule has 1 rings (SSSR count). The van der Waals surface area contributed by atoms with Gasteiger partial charge in [-0.1, -0.05) is 6.07 Å². The molecule has 78 valence electrons. The summed E-state index contributed by atoms with van der Waals surface area (Å²) in [5, 5.41) is 37.2. The average molecular weight is 198 g/mol. The van der Waals surface area contributed by atoms with E-state index in [0.29, 0.717) is 5.56 Å². The summed E-state index contributed by atoms with van der Waals surface area (Å²) in [5.41, 5.74) is -0.575. The largest absolute Gasteiger partial charge is 0.504 e. The Morgan fingerprint density at radius 3 is 2.14 bits per heavy atom. The Bertz CT molecular complexity index is 339. The van der Waals surface area contributed by atoms with Crippen molar-refractivity contribution >= 4 is 0 Å². The topological polar surface area (TPSA) is 80.9 Å². The van der Waals surface area contributed by atoms with Crippen molar-refractivity contribution in [1.82, 2.24) is 0 Å². The molecular formula is C10H14O4. The minimum Gasteiger partial charge on any atom is -0.504 e. The molecule has 0 aromatic heterocycles. The van der Waals surface area contributed by atoms with E-state index >= 15 is 0 Å². The first-order valence-electron chi connectivity index (χ1n) is 4.26. The Balaban J connectivity index is 3.06. The molecule has 4 N–H and O–H groups in total. The van der Waals surface area contributed by atoms with E-state index in [1.54, 1.807) is 13.8 Å². The van der Waals surface area contributed by atoms with Gasteiger partial charge in [-0.25, -0.2) is 0 Å². The number of hydrogen-bond acceptors (Lipinski definition) is 4. The third kappa shape index (κ3) is 2.29. The second kappa shape index (κ2) is 3.38. The van der Waals surface area contributed by atoms with Crippen LogP contribution in [0.3, 0.4) is 0 Å². The zero-order valence-corrected chi connectivity index (χ0v) is 8.15. The molecule has 4 nitrogen and oxygen atoms in total. The van der Waals surface area contributed by atoms with Crippen LogP contribution < -0.4 is 0 Å². The molecule has 0 heterocycles. The van der Waals surface area contributed by atoms with E-state index in [4.69, 9.17) is 5.11 Å². The summed E-state index contributed by atoms with van der Waals surface area (Å²) in [6.45, 7) is 3.19. The average Bonchev–Trinajstić information content (AvgIpc) is 2.04. The standard InChI is InChI=1S/C10H14O4/c1-10(2,14)5-6-3-4-7(11)9(13)8(6)12/h3-4,11-14H,5H2,1-2H3. The molecular weight excluding hydrogens is 184 g/mol. The lowest BCUT2D eigenvalue weighted by Crippen LogP contribution is -2.21. The fraction of sp³-hybridized carbons (Fsp3) is 0.400. The van der Waals surface area contributed by atoms with Crippen molar-refractivity contribution in [3.63, 3.8) is 0 Å². The summed E-state index contributed by atoms with van der Waals surface area (Å²) in [4.78, 5) is 0. The summed E-state index contributed by atoms with van der Waals surface area (Å²) in [7, 11) is 0. The predicted molar refractivity (Wildman–Crippen MR) is 51.4 cm³/mol. The van der Waals surface area contributed by atoms with Crippen LogP contribution in [-0.2, 0) is 6.42 Å². The number of aliphatic hydroxyl groups is 1. The number of phenolic OH excluding ortho intramolecular Hbond substituents is 3. The van der Waals surface area contributed by atoms with Crippen LogP contribution in [-0.4, -0.2) is 26.0 Å². The first kappa shape index (κ1) is 10.7. The molecule has 1 aromatic carbocycles. The Hall–Kier alpha value is -1.42. The fourth-order valence-electron chi connectivity index (χ4n) is 1.22. The SMILES string of the molecule is CC(C)(O)Cc1ccc(O)c(O)c1O. The molecule has 0 fully saturated rings. The minimum absolute atomic E-state index is 0.201. The summed E-state index contributed by atoms with van der Waals surface area (Å²) in [5.74, 6) is -1.30. The van der Waals surface area contributed by atoms with Crippen molar-refractivity contribution in [2.45, 2.75) is 25.9 Å². The number of hydrogen-bond donors (Lipinski definition) is 4. The lowest BCUT2D eigenvalue weighted by Gasteiger charge is -2.18. The molecule has 0 aliphatic heterocycles. The Labute approximate surface area is 82.1 Å². The maximum Gasteiger partial charge on any atom is 0.200 e. The molecule has 0 aliphatic rings. The molecule has 4 heteroatoms. The third-order valence-electron chi connectivity index (χ3n) is 1.84. The summed E-state index contributed by atoms with van der Waals surface area (Å²) >= 11 is 0. The maximum absolute atomic E-state index is 9.50.